The van der Waals surface area contributed by atoms with Gasteiger partial charge in [-0.25, -0.2) is 0 Å². The predicted octanol–water partition coefficient (Wildman–Crippen LogP) is 4.98. The molecule has 0 amide bonds. The summed E-state index contributed by atoms with van der Waals surface area (Å²) >= 11 is 0. The normalized spacial score (nSPS) is 12.1. The highest BCUT2D eigenvalue weighted by Crippen LogP contribution is 2.49. The fraction of sp³-hybridized carbons (Fsp3) is 0. The van der Waals surface area contributed by atoms with Gasteiger partial charge in [-0.1, -0.05) is 61.2 Å². The van der Waals surface area contributed by atoms with E-state index in [9.17, 15) is 10.5 Å². The van der Waals surface area contributed by atoms with Crippen LogP contribution in [0.4, 0.5) is 17.1 Å². The molecule has 0 saturated carbocycles. The van der Waals surface area contributed by atoms with Gasteiger partial charge in [-0.2, -0.15) is 10.5 Å². The summed E-state index contributed by atoms with van der Waals surface area (Å²) in [6, 6.07) is 26.9. The molecule has 0 atom stereocenters. The molecule has 0 unspecified atom stereocenters. The van der Waals surface area contributed by atoms with E-state index in [0.717, 1.165) is 38.4 Å². The van der Waals surface area contributed by atoms with Gasteiger partial charge in [0, 0.05) is 32.1 Å². The van der Waals surface area contributed by atoms with Gasteiger partial charge < -0.3 is 4.90 Å². The van der Waals surface area contributed by atoms with Crippen molar-refractivity contribution in [3.8, 4) is 12.1 Å². The molecule has 6 rings (SSSR count). The minimum Gasteiger partial charge on any atom is -0.308 e. The summed E-state index contributed by atoms with van der Waals surface area (Å²) in [6.07, 6.45) is 0. The van der Waals surface area contributed by atoms with Crippen molar-refractivity contribution < 1.29 is 0 Å². The van der Waals surface area contributed by atoms with Crippen LogP contribution < -0.4 is 15.3 Å². The smallest absolute Gasteiger partial charge is 0.137 e. The molecule has 3 heterocycles. The number of benzene rings is 3. The Morgan fingerprint density at radius 3 is 2.03 bits per heavy atom. The van der Waals surface area contributed by atoms with Crippen LogP contribution in [-0.2, 0) is 0 Å². The molecule has 3 aliphatic heterocycles. The average molecular weight is 367 g/mol. The molecule has 0 aromatic heterocycles. The van der Waals surface area contributed by atoms with Crippen molar-refractivity contribution in [2.75, 3.05) is 4.90 Å². The molecule has 3 aromatic rings. The second kappa shape index (κ2) is 5.35. The fourth-order valence-electron chi connectivity index (χ4n) is 4.73. The lowest BCUT2D eigenvalue weighted by Crippen LogP contribution is -2.25. The Morgan fingerprint density at radius 2 is 1.34 bits per heavy atom. The van der Waals surface area contributed by atoms with Crippen LogP contribution in [0, 0.1) is 22.7 Å². The van der Waals surface area contributed by atoms with E-state index in [1.54, 1.807) is 0 Å². The van der Waals surface area contributed by atoms with Crippen molar-refractivity contribution in [1.82, 2.24) is 0 Å². The average Bonchev–Trinajstić information content (AvgIpc) is 2.76. The van der Waals surface area contributed by atoms with Gasteiger partial charge in [-0.15, -0.1) is 0 Å². The Hall–Kier alpha value is -4.34. The molecule has 0 radical (unpaired) electrons. The van der Waals surface area contributed by atoms with E-state index in [4.69, 9.17) is 0 Å². The summed E-state index contributed by atoms with van der Waals surface area (Å²) in [5.41, 5.74) is 3.20. The largest absolute Gasteiger partial charge is 0.308 e. The van der Waals surface area contributed by atoms with Crippen LogP contribution >= 0.6 is 0 Å². The lowest BCUT2D eigenvalue weighted by molar-refractivity contribution is 1.29. The summed E-state index contributed by atoms with van der Waals surface area (Å²) in [5.74, 6) is 0. The van der Waals surface area contributed by atoms with Crippen molar-refractivity contribution >= 4 is 61.5 Å². The van der Waals surface area contributed by atoms with Crippen LogP contribution in [0.15, 0.2) is 66.7 Å². The van der Waals surface area contributed by atoms with E-state index < -0.39 is 0 Å². The summed E-state index contributed by atoms with van der Waals surface area (Å²) < 4.78 is 0. The van der Waals surface area contributed by atoms with Gasteiger partial charge in [-0.3, -0.25) is 0 Å². The molecule has 0 spiro atoms. The Bertz CT molecular complexity index is 1680. The monoisotopic (exact) mass is 367 g/mol. The predicted molar refractivity (Wildman–Crippen MR) is 118 cm³/mol. The van der Waals surface area contributed by atoms with E-state index in [1.807, 2.05) is 18.2 Å². The second-order valence-electron chi connectivity index (χ2n) is 7.34. The number of anilines is 3. The summed E-state index contributed by atoms with van der Waals surface area (Å²) in [7, 11) is 0. The first-order valence-corrected chi connectivity index (χ1v) is 9.36. The van der Waals surface area contributed by atoms with Gasteiger partial charge in [0.1, 0.15) is 17.7 Å². The van der Waals surface area contributed by atoms with Crippen molar-refractivity contribution in [1.29, 1.82) is 10.5 Å². The third-order valence-corrected chi connectivity index (χ3v) is 5.92. The van der Waals surface area contributed by atoms with Crippen molar-refractivity contribution in [3.63, 3.8) is 0 Å². The summed E-state index contributed by atoms with van der Waals surface area (Å²) in [6.45, 7) is 4.30. The number of para-hydroxylation sites is 1. The third kappa shape index (κ3) is 1.84. The lowest BCUT2D eigenvalue weighted by Gasteiger charge is -2.35. The van der Waals surface area contributed by atoms with Gasteiger partial charge in [0.2, 0.25) is 0 Å². The van der Waals surface area contributed by atoms with Crippen LogP contribution in [0.25, 0.3) is 44.5 Å². The van der Waals surface area contributed by atoms with E-state index in [0.29, 0.717) is 5.22 Å². The maximum absolute atomic E-state index is 9.60. The van der Waals surface area contributed by atoms with E-state index in [1.165, 1.54) is 16.2 Å². The number of hydrogen-bond donors (Lipinski definition) is 0. The first-order chi connectivity index (χ1) is 14.2. The first kappa shape index (κ1) is 15.7. The second-order valence-corrected chi connectivity index (χ2v) is 7.34. The molecule has 3 nitrogen and oxygen atoms in total. The van der Waals surface area contributed by atoms with Crippen LogP contribution in [0.2, 0.25) is 0 Å². The van der Waals surface area contributed by atoms with Crippen molar-refractivity contribution in [2.24, 2.45) is 0 Å². The quantitative estimate of drug-likeness (QED) is 0.381. The van der Waals surface area contributed by atoms with Gasteiger partial charge in [0.05, 0.1) is 17.1 Å². The molecule has 0 N–H and O–H groups in total. The highest BCUT2D eigenvalue weighted by atomic mass is 15.2. The molecule has 0 bridgehead atoms. The maximum Gasteiger partial charge on any atom is 0.137 e. The highest BCUT2D eigenvalue weighted by molar-refractivity contribution is 6.24. The number of hydrogen-bond acceptors (Lipinski definition) is 3. The van der Waals surface area contributed by atoms with Crippen LogP contribution in [-0.4, -0.2) is 0 Å². The number of nitriles is 2. The van der Waals surface area contributed by atoms with Gasteiger partial charge in [0.25, 0.3) is 0 Å². The third-order valence-electron chi connectivity index (χ3n) is 5.92. The first-order valence-electron chi connectivity index (χ1n) is 9.36. The SMILES string of the molecule is C=c1cc2c3cccc4cccc(c5cc(=C(C#N)C#N)c6cccc1c6N25)c43. The maximum atomic E-state index is 9.60. The molecule has 29 heavy (non-hydrogen) atoms. The van der Waals surface area contributed by atoms with Gasteiger partial charge in [0.15, 0.2) is 0 Å². The Morgan fingerprint density at radius 1 is 0.759 bits per heavy atom. The molecule has 0 saturated heterocycles. The summed E-state index contributed by atoms with van der Waals surface area (Å²) in [4.78, 5) is 2.26. The van der Waals surface area contributed by atoms with E-state index in [-0.39, 0.29) is 5.57 Å². The Balaban J connectivity index is 2.07. The zero-order valence-electron chi connectivity index (χ0n) is 15.4. The van der Waals surface area contributed by atoms with Gasteiger partial charge >= 0.3 is 0 Å². The van der Waals surface area contributed by atoms with Crippen LogP contribution in [0.3, 0.4) is 0 Å². The zero-order chi connectivity index (χ0) is 19.7. The zero-order valence-corrected chi connectivity index (χ0v) is 15.4. The molecular weight excluding hydrogens is 354 g/mol. The van der Waals surface area contributed by atoms with E-state index >= 15 is 0 Å². The molecular formula is C26H13N3. The van der Waals surface area contributed by atoms with E-state index in [2.05, 4.69) is 72.1 Å². The van der Waals surface area contributed by atoms with Crippen molar-refractivity contribution in [3.05, 3.63) is 77.2 Å². The standard InChI is InChI=1S/C26H13N3/c1-15-11-23-20-9-2-5-16-6-3-10-21(25(16)20)24-12-22(17(13-27)14-28)19-8-4-7-18(15)26(19)29(23)24/h2-12H,1H2. The Kier molecular flexibility index (Phi) is 2.89. The van der Waals surface area contributed by atoms with Crippen LogP contribution in [0.5, 0.6) is 0 Å². The number of rotatable bonds is 0. The number of fused-ring (bicyclic) bond motifs is 2. The molecule has 3 aromatic carbocycles. The van der Waals surface area contributed by atoms with Crippen LogP contribution in [0.1, 0.15) is 0 Å². The highest BCUT2D eigenvalue weighted by Gasteiger charge is 2.28. The topological polar surface area (TPSA) is 50.8 Å². The summed E-state index contributed by atoms with van der Waals surface area (Å²) in [5, 5.41) is 27.3. The lowest BCUT2D eigenvalue weighted by atomic mass is 9.91. The molecule has 0 fully saturated rings. The van der Waals surface area contributed by atoms with Gasteiger partial charge in [-0.05, 0) is 22.7 Å². The minimum absolute atomic E-state index is 0.123. The molecule has 132 valence electrons. The van der Waals surface area contributed by atoms with Crippen molar-refractivity contribution in [2.45, 2.75) is 0 Å². The Labute approximate surface area is 166 Å². The molecule has 3 heteroatoms. The fourth-order valence-corrected chi connectivity index (χ4v) is 4.73. The molecule has 3 aliphatic rings. The molecule has 0 aliphatic carbocycles. The number of nitrogens with zero attached hydrogens (tertiary/aromatic N) is 3. The minimum atomic E-state index is 0.123.